The molecule has 3 nitrogen and oxygen atoms in total. The van der Waals surface area contributed by atoms with Crippen LogP contribution < -0.4 is 5.73 Å². The van der Waals surface area contributed by atoms with E-state index in [0.29, 0.717) is 17.2 Å². The number of halogens is 1. The highest BCUT2D eigenvalue weighted by molar-refractivity contribution is 9.10. The number of anilines is 1. The minimum atomic E-state index is 0.0906. The van der Waals surface area contributed by atoms with Gasteiger partial charge in [-0.15, -0.1) is 0 Å². The van der Waals surface area contributed by atoms with E-state index in [4.69, 9.17) is 5.73 Å². The maximum Gasteiger partial charge on any atom is 0.255 e. The van der Waals surface area contributed by atoms with Crippen LogP contribution in [0.1, 0.15) is 42.5 Å². The Morgan fingerprint density at radius 2 is 1.95 bits per heavy atom. The van der Waals surface area contributed by atoms with Gasteiger partial charge in [0.05, 0.1) is 5.56 Å². The summed E-state index contributed by atoms with van der Waals surface area (Å²) in [6.45, 7) is 1.79. The van der Waals surface area contributed by atoms with Gasteiger partial charge in [-0.25, -0.2) is 0 Å². The maximum absolute atomic E-state index is 12.7. The molecule has 2 atom stereocenters. The van der Waals surface area contributed by atoms with Crippen LogP contribution in [0, 0.1) is 11.8 Å². The lowest BCUT2D eigenvalue weighted by atomic mass is 9.75. The van der Waals surface area contributed by atoms with E-state index in [2.05, 4.69) is 15.9 Å². The molecule has 0 spiro atoms. The Morgan fingerprint density at radius 1 is 1.20 bits per heavy atom. The average Bonchev–Trinajstić information content (AvgIpc) is 2.48. The molecule has 2 unspecified atom stereocenters. The zero-order valence-corrected chi connectivity index (χ0v) is 13.2. The normalized spacial score (nSPS) is 26.1. The van der Waals surface area contributed by atoms with E-state index in [1.807, 2.05) is 17.0 Å². The van der Waals surface area contributed by atoms with E-state index in [9.17, 15) is 4.79 Å². The number of rotatable bonds is 1. The minimum absolute atomic E-state index is 0.0906. The molecule has 1 saturated carbocycles. The summed E-state index contributed by atoms with van der Waals surface area (Å²) in [5.41, 5.74) is 7.17. The summed E-state index contributed by atoms with van der Waals surface area (Å²) in [5, 5.41) is 0. The van der Waals surface area contributed by atoms with Crippen LogP contribution in [0.3, 0.4) is 0 Å². The smallest absolute Gasteiger partial charge is 0.255 e. The predicted octanol–water partition coefficient (Wildman–Crippen LogP) is 3.68. The van der Waals surface area contributed by atoms with Crippen molar-refractivity contribution in [1.29, 1.82) is 0 Å². The Morgan fingerprint density at radius 3 is 2.75 bits per heavy atom. The summed E-state index contributed by atoms with van der Waals surface area (Å²) in [4.78, 5) is 14.7. The first-order valence-electron chi connectivity index (χ1n) is 7.49. The van der Waals surface area contributed by atoms with E-state index in [-0.39, 0.29) is 5.91 Å². The number of nitrogen functional groups attached to an aromatic ring is 1. The number of piperidine rings is 1. The van der Waals surface area contributed by atoms with Crippen LogP contribution in [0.2, 0.25) is 0 Å². The molecular weight excluding hydrogens is 316 g/mol. The third kappa shape index (κ3) is 2.71. The van der Waals surface area contributed by atoms with E-state index in [1.165, 1.54) is 25.7 Å². The van der Waals surface area contributed by atoms with Gasteiger partial charge >= 0.3 is 0 Å². The van der Waals surface area contributed by atoms with Crippen LogP contribution >= 0.6 is 15.9 Å². The molecule has 20 heavy (non-hydrogen) atoms. The quantitative estimate of drug-likeness (QED) is 0.795. The fourth-order valence-electron chi connectivity index (χ4n) is 3.67. The van der Waals surface area contributed by atoms with Crippen molar-refractivity contribution in [2.24, 2.45) is 11.8 Å². The van der Waals surface area contributed by atoms with Gasteiger partial charge in [-0.2, -0.15) is 0 Å². The van der Waals surface area contributed by atoms with Gasteiger partial charge in [0, 0.05) is 23.2 Å². The largest absolute Gasteiger partial charge is 0.398 e. The summed E-state index contributed by atoms with van der Waals surface area (Å²) >= 11 is 3.42. The number of hydrogen-bond donors (Lipinski definition) is 1. The van der Waals surface area contributed by atoms with Gasteiger partial charge in [-0.05, 0) is 42.9 Å². The molecule has 0 bridgehead atoms. The lowest BCUT2D eigenvalue weighted by Gasteiger charge is -2.41. The van der Waals surface area contributed by atoms with Gasteiger partial charge in [-0.3, -0.25) is 4.79 Å². The van der Waals surface area contributed by atoms with Gasteiger partial charge in [0.2, 0.25) is 0 Å². The van der Waals surface area contributed by atoms with Crippen molar-refractivity contribution in [3.8, 4) is 0 Å². The summed E-state index contributed by atoms with van der Waals surface area (Å²) in [7, 11) is 0. The number of benzene rings is 1. The van der Waals surface area contributed by atoms with Gasteiger partial charge in [0.15, 0.2) is 0 Å². The first kappa shape index (κ1) is 13.9. The van der Waals surface area contributed by atoms with Crippen molar-refractivity contribution in [3.05, 3.63) is 28.2 Å². The van der Waals surface area contributed by atoms with E-state index >= 15 is 0 Å². The first-order valence-corrected chi connectivity index (χ1v) is 8.29. The Labute approximate surface area is 128 Å². The number of nitrogens with zero attached hydrogens (tertiary/aromatic N) is 1. The summed E-state index contributed by atoms with van der Waals surface area (Å²) in [6.07, 6.45) is 6.48. The van der Waals surface area contributed by atoms with Gasteiger partial charge in [0.25, 0.3) is 5.91 Å². The molecule has 4 heteroatoms. The molecule has 2 N–H and O–H groups in total. The molecule has 2 fully saturated rings. The van der Waals surface area contributed by atoms with Crippen molar-refractivity contribution in [2.75, 3.05) is 18.8 Å². The molecule has 0 radical (unpaired) electrons. The number of nitrogens with two attached hydrogens (primary N) is 1. The molecule has 1 amide bonds. The SMILES string of the molecule is Nc1ccc(Br)cc1C(=O)N1CCC2CCCCC2C1. The lowest BCUT2D eigenvalue weighted by molar-refractivity contribution is 0.0522. The minimum Gasteiger partial charge on any atom is -0.398 e. The van der Waals surface area contributed by atoms with Crippen molar-refractivity contribution in [3.63, 3.8) is 0 Å². The zero-order chi connectivity index (χ0) is 14.1. The van der Waals surface area contributed by atoms with Crippen LogP contribution in [0.15, 0.2) is 22.7 Å². The van der Waals surface area contributed by atoms with Crippen LogP contribution in [0.5, 0.6) is 0 Å². The second kappa shape index (κ2) is 5.76. The molecule has 1 aromatic rings. The molecule has 1 aliphatic heterocycles. The molecule has 0 aromatic heterocycles. The van der Waals surface area contributed by atoms with Crippen LogP contribution in [0.4, 0.5) is 5.69 Å². The Hall–Kier alpha value is -1.03. The standard InChI is InChI=1S/C16H21BrN2O/c17-13-5-6-15(18)14(9-13)16(20)19-8-7-11-3-1-2-4-12(11)10-19/h5-6,9,11-12H,1-4,7-8,10,18H2. The second-order valence-electron chi connectivity index (χ2n) is 6.08. The number of carbonyl (C=O) groups is 1. The molecule has 1 saturated heterocycles. The molecule has 2 aliphatic rings. The fourth-order valence-corrected chi connectivity index (χ4v) is 4.03. The van der Waals surface area contributed by atoms with Gasteiger partial charge in [0.1, 0.15) is 0 Å². The average molecular weight is 337 g/mol. The topological polar surface area (TPSA) is 46.3 Å². The van der Waals surface area contributed by atoms with E-state index in [0.717, 1.165) is 29.9 Å². The Balaban J connectivity index is 1.76. The van der Waals surface area contributed by atoms with Crippen molar-refractivity contribution in [1.82, 2.24) is 4.90 Å². The maximum atomic E-state index is 12.7. The summed E-state index contributed by atoms with van der Waals surface area (Å²) < 4.78 is 0.905. The van der Waals surface area contributed by atoms with E-state index in [1.54, 1.807) is 6.07 Å². The third-order valence-electron chi connectivity index (χ3n) is 4.82. The lowest BCUT2D eigenvalue weighted by Crippen LogP contribution is -2.44. The molecule has 108 valence electrons. The fraction of sp³-hybridized carbons (Fsp3) is 0.562. The molecule has 1 heterocycles. The number of likely N-dealkylation sites (tertiary alicyclic amines) is 1. The molecular formula is C16H21BrN2O. The van der Waals surface area contributed by atoms with Crippen LogP contribution in [0.25, 0.3) is 0 Å². The molecule has 3 rings (SSSR count). The number of amides is 1. The number of carbonyl (C=O) groups excluding carboxylic acids is 1. The zero-order valence-electron chi connectivity index (χ0n) is 11.6. The molecule has 1 aromatic carbocycles. The summed E-state index contributed by atoms with van der Waals surface area (Å²) in [5.74, 6) is 1.63. The van der Waals surface area contributed by atoms with Crippen molar-refractivity contribution in [2.45, 2.75) is 32.1 Å². The monoisotopic (exact) mass is 336 g/mol. The van der Waals surface area contributed by atoms with Gasteiger partial charge in [-0.1, -0.05) is 35.2 Å². The second-order valence-corrected chi connectivity index (χ2v) is 6.99. The Kier molecular flexibility index (Phi) is 4.01. The Bertz CT molecular complexity index is 517. The third-order valence-corrected chi connectivity index (χ3v) is 5.32. The van der Waals surface area contributed by atoms with Crippen LogP contribution in [-0.2, 0) is 0 Å². The van der Waals surface area contributed by atoms with Gasteiger partial charge < -0.3 is 10.6 Å². The highest BCUT2D eigenvalue weighted by Crippen LogP contribution is 2.36. The van der Waals surface area contributed by atoms with Crippen molar-refractivity contribution >= 4 is 27.5 Å². The predicted molar refractivity (Wildman–Crippen MR) is 84.5 cm³/mol. The number of hydrogen-bond acceptors (Lipinski definition) is 2. The van der Waals surface area contributed by atoms with Crippen LogP contribution in [-0.4, -0.2) is 23.9 Å². The van der Waals surface area contributed by atoms with E-state index < -0.39 is 0 Å². The highest BCUT2D eigenvalue weighted by atomic mass is 79.9. The number of fused-ring (bicyclic) bond motifs is 1. The van der Waals surface area contributed by atoms with Crippen molar-refractivity contribution < 1.29 is 4.79 Å². The molecule has 1 aliphatic carbocycles. The first-order chi connectivity index (χ1) is 9.65. The highest BCUT2D eigenvalue weighted by Gasteiger charge is 2.33. The summed E-state index contributed by atoms with van der Waals surface area (Å²) in [6, 6.07) is 5.51.